The van der Waals surface area contributed by atoms with Crippen LogP contribution in [0.5, 0.6) is 0 Å². The van der Waals surface area contributed by atoms with E-state index in [1.807, 2.05) is 19.9 Å². The predicted molar refractivity (Wildman–Crippen MR) is 111 cm³/mol. The molecule has 0 aromatic rings. The second-order valence-electron chi connectivity index (χ2n) is 7.71. The minimum atomic E-state index is -4.98. The highest BCUT2D eigenvalue weighted by Crippen LogP contribution is 2.60. The van der Waals surface area contributed by atoms with Crippen LogP contribution in [0.3, 0.4) is 0 Å². The van der Waals surface area contributed by atoms with Crippen molar-refractivity contribution in [3.05, 3.63) is 23.3 Å². The van der Waals surface area contributed by atoms with Gasteiger partial charge in [-0.25, -0.2) is 9.13 Å². The summed E-state index contributed by atoms with van der Waals surface area (Å²) in [5, 5.41) is 30.1. The molecule has 4 N–H and O–H groups in total. The fourth-order valence-corrected chi connectivity index (χ4v) is 4.46. The second kappa shape index (κ2) is 13.6. The molecule has 13 heteroatoms. The molecule has 0 aromatic carbocycles. The number of phosphoric ester groups is 2. The Kier molecular flexibility index (Phi) is 13.2. The van der Waals surface area contributed by atoms with Crippen molar-refractivity contribution in [1.29, 1.82) is 0 Å². The van der Waals surface area contributed by atoms with Crippen LogP contribution in [0.25, 0.3) is 0 Å². The minimum Gasteiger partial charge on any atom is -0.550 e. The zero-order chi connectivity index (χ0) is 24.3. The summed E-state index contributed by atoms with van der Waals surface area (Å²) >= 11 is 0. The molecule has 0 heterocycles. The third kappa shape index (κ3) is 17.4. The third-order valence-electron chi connectivity index (χ3n) is 3.87. The lowest BCUT2D eigenvalue weighted by Crippen LogP contribution is -2.38. The highest BCUT2D eigenvalue weighted by molar-refractivity contribution is 7.61. The quantitative estimate of drug-likeness (QED) is 0.184. The van der Waals surface area contributed by atoms with Crippen LogP contribution in [-0.4, -0.2) is 50.9 Å². The van der Waals surface area contributed by atoms with E-state index in [-0.39, 0.29) is 19.4 Å². The van der Waals surface area contributed by atoms with Crippen molar-refractivity contribution in [2.45, 2.75) is 71.5 Å². The van der Waals surface area contributed by atoms with Gasteiger partial charge in [0.1, 0.15) is 0 Å². The molecule has 0 aromatic heterocycles. The summed E-state index contributed by atoms with van der Waals surface area (Å²) in [6.45, 7) is 6.04. The van der Waals surface area contributed by atoms with Gasteiger partial charge in [-0.2, -0.15) is 4.31 Å². The Morgan fingerprint density at radius 3 is 2.26 bits per heavy atom. The molecule has 31 heavy (non-hydrogen) atoms. The minimum absolute atomic E-state index is 0.276. The summed E-state index contributed by atoms with van der Waals surface area (Å²) in [7, 11) is -9.88. The second-order valence-corrected chi connectivity index (χ2v) is 10.8. The Morgan fingerprint density at radius 2 is 1.71 bits per heavy atom. The molecule has 0 radical (unpaired) electrons. The molecule has 0 saturated heterocycles. The summed E-state index contributed by atoms with van der Waals surface area (Å²) in [5.41, 5.74) is 0.319. The fraction of sp³-hybridized carbons (Fsp3) is 0.722. The standard InChI is InChI=1S/C18H34O11P2/c1-14(2)6-5-7-15(3)8-10-27-30(23,24)29-31(25,26)28-11-9-16(19)12-18(4,22)13-17(20)21/h6,8,16,19,22H,5,7,9-13H2,1-4H3,(H,20,21)(H,23,24)(H,25,26)/p-1/b15-8+. The molecule has 0 amide bonds. The van der Waals surface area contributed by atoms with E-state index in [0.717, 1.165) is 12.0 Å². The van der Waals surface area contributed by atoms with Crippen molar-refractivity contribution in [2.75, 3.05) is 13.2 Å². The van der Waals surface area contributed by atoms with Gasteiger partial charge in [-0.1, -0.05) is 23.3 Å². The van der Waals surface area contributed by atoms with Crippen LogP contribution in [0.4, 0.5) is 0 Å². The van der Waals surface area contributed by atoms with Crippen LogP contribution in [0, 0.1) is 0 Å². The number of aliphatic hydroxyl groups excluding tert-OH is 1. The molecule has 182 valence electrons. The fourth-order valence-electron chi connectivity index (χ4n) is 2.44. The van der Waals surface area contributed by atoms with Gasteiger partial charge in [0.2, 0.25) is 0 Å². The van der Waals surface area contributed by atoms with E-state index in [1.54, 1.807) is 13.0 Å². The number of carbonyl (C=O) groups is 1. The van der Waals surface area contributed by atoms with E-state index in [2.05, 4.69) is 13.4 Å². The van der Waals surface area contributed by atoms with Gasteiger partial charge in [0.25, 0.3) is 0 Å². The normalized spacial score (nSPS) is 19.0. The number of phosphoric acid groups is 2. The molecule has 0 aliphatic heterocycles. The van der Waals surface area contributed by atoms with Crippen LogP contribution in [0.15, 0.2) is 23.3 Å². The average molecular weight is 487 g/mol. The Bertz CT molecular complexity index is 726. The Morgan fingerprint density at radius 1 is 1.13 bits per heavy atom. The molecule has 0 aliphatic rings. The highest BCUT2D eigenvalue weighted by atomic mass is 31.3. The van der Waals surface area contributed by atoms with Gasteiger partial charge in [-0.3, -0.25) is 9.05 Å². The molecule has 0 spiro atoms. The maximum Gasteiger partial charge on any atom is 0.481 e. The van der Waals surface area contributed by atoms with Crippen molar-refractivity contribution in [2.24, 2.45) is 0 Å². The molecule has 4 unspecified atom stereocenters. The lowest BCUT2D eigenvalue weighted by atomic mass is 9.94. The Hall–Kier alpha value is -0.870. The number of carbonyl (C=O) groups excluding carboxylic acids is 1. The maximum atomic E-state index is 11.8. The van der Waals surface area contributed by atoms with Gasteiger partial charge >= 0.3 is 15.6 Å². The zero-order valence-electron chi connectivity index (χ0n) is 18.2. The van der Waals surface area contributed by atoms with Crippen LogP contribution in [0.1, 0.15) is 59.8 Å². The molecule has 0 fully saturated rings. The molecule has 0 rings (SSSR count). The largest absolute Gasteiger partial charge is 0.550 e. The lowest BCUT2D eigenvalue weighted by molar-refractivity contribution is -0.309. The summed E-state index contributed by atoms with van der Waals surface area (Å²) < 4.78 is 37.0. The molecule has 0 saturated carbocycles. The van der Waals surface area contributed by atoms with Crippen molar-refractivity contribution < 1.29 is 52.4 Å². The van der Waals surface area contributed by atoms with E-state index in [0.29, 0.717) is 6.42 Å². The van der Waals surface area contributed by atoms with Crippen molar-refractivity contribution in [1.82, 2.24) is 0 Å². The van der Waals surface area contributed by atoms with Crippen molar-refractivity contribution >= 4 is 21.6 Å². The molecule has 0 aliphatic carbocycles. The van der Waals surface area contributed by atoms with Crippen LogP contribution in [-0.2, 0) is 27.3 Å². The molecule has 11 nitrogen and oxygen atoms in total. The highest BCUT2D eigenvalue weighted by Gasteiger charge is 2.35. The Balaban J connectivity index is 4.44. The predicted octanol–water partition coefficient (Wildman–Crippen LogP) is 1.96. The van der Waals surface area contributed by atoms with E-state index in [9.17, 15) is 39.0 Å². The summed E-state index contributed by atoms with van der Waals surface area (Å²) in [6.07, 6.45) is 2.48. The lowest BCUT2D eigenvalue weighted by Gasteiger charge is -2.26. The monoisotopic (exact) mass is 487 g/mol. The van der Waals surface area contributed by atoms with Crippen molar-refractivity contribution in [3.8, 4) is 0 Å². The van der Waals surface area contributed by atoms with E-state index in [1.165, 1.54) is 12.5 Å². The topological polar surface area (TPSA) is 183 Å². The number of aliphatic carboxylic acids is 1. The number of carboxylic acid groups (broad SMARTS) is 1. The van der Waals surface area contributed by atoms with Crippen LogP contribution >= 0.6 is 15.6 Å². The van der Waals surface area contributed by atoms with E-state index in [4.69, 9.17) is 0 Å². The third-order valence-corrected chi connectivity index (χ3v) is 6.51. The number of allylic oxidation sites excluding steroid dienone is 3. The summed E-state index contributed by atoms with van der Waals surface area (Å²) in [4.78, 5) is 29.7. The first-order chi connectivity index (χ1) is 14.0. The number of rotatable bonds is 16. The first-order valence-corrected chi connectivity index (χ1v) is 12.6. The SMILES string of the molecule is CC(C)=CCC/C(C)=C/COP(=O)(O)OP(=O)(O)OCCC(O)CC(C)(O)CC(=O)[O-]. The number of hydrogen-bond acceptors (Lipinski definition) is 9. The van der Waals surface area contributed by atoms with Gasteiger partial charge < -0.3 is 29.9 Å². The summed E-state index contributed by atoms with van der Waals surface area (Å²) in [5.74, 6) is -1.50. The molecular formula is C18H33O11P2-. The maximum absolute atomic E-state index is 11.8. The van der Waals surface area contributed by atoms with Crippen LogP contribution in [0.2, 0.25) is 0 Å². The number of hydrogen-bond donors (Lipinski definition) is 4. The molecule has 0 bridgehead atoms. The summed E-state index contributed by atoms with van der Waals surface area (Å²) in [6, 6.07) is 0. The van der Waals surface area contributed by atoms with Gasteiger partial charge in [-0.05, 0) is 47.0 Å². The average Bonchev–Trinajstić information content (AvgIpc) is 2.50. The van der Waals surface area contributed by atoms with E-state index < -0.39 is 46.3 Å². The van der Waals surface area contributed by atoms with Gasteiger partial charge in [-0.15, -0.1) is 0 Å². The smallest absolute Gasteiger partial charge is 0.481 e. The van der Waals surface area contributed by atoms with Gasteiger partial charge in [0, 0.05) is 18.8 Å². The zero-order valence-corrected chi connectivity index (χ0v) is 20.0. The Labute approximate surface area is 182 Å². The van der Waals surface area contributed by atoms with Crippen LogP contribution < -0.4 is 5.11 Å². The number of carboxylic acids is 1. The first kappa shape index (κ1) is 30.1. The van der Waals surface area contributed by atoms with Gasteiger partial charge in [0.05, 0.1) is 24.9 Å². The molecule has 4 atom stereocenters. The number of aliphatic hydroxyl groups is 2. The van der Waals surface area contributed by atoms with Gasteiger partial charge in [0.15, 0.2) is 0 Å². The van der Waals surface area contributed by atoms with Crippen molar-refractivity contribution in [3.63, 3.8) is 0 Å². The molecular weight excluding hydrogens is 454 g/mol. The van der Waals surface area contributed by atoms with E-state index >= 15 is 0 Å². The first-order valence-electron chi connectivity index (χ1n) is 9.59.